The molecule has 0 saturated heterocycles. The maximum atomic E-state index is 12.8. The Bertz CT molecular complexity index is 1410. The zero-order valence-corrected chi connectivity index (χ0v) is 44.1. The van der Waals surface area contributed by atoms with Crippen LogP contribution in [0.3, 0.4) is 0 Å². The molecule has 0 fully saturated rings. The predicted molar refractivity (Wildman–Crippen MR) is 293 cm³/mol. The van der Waals surface area contributed by atoms with Gasteiger partial charge in [-0.1, -0.05) is 214 Å². The topological polar surface area (TPSA) is 78.9 Å². The maximum absolute atomic E-state index is 12.8. The Kier molecular flexibility index (Phi) is 52.4. The molecule has 0 aromatic carbocycles. The lowest BCUT2D eigenvalue weighted by molar-refractivity contribution is -0.167. The van der Waals surface area contributed by atoms with Gasteiger partial charge in [0, 0.05) is 19.3 Å². The predicted octanol–water partition coefficient (Wildman–Crippen LogP) is 18.7. The second-order valence-corrected chi connectivity index (χ2v) is 18.1. The van der Waals surface area contributed by atoms with Crippen molar-refractivity contribution in [1.29, 1.82) is 0 Å². The van der Waals surface area contributed by atoms with Crippen molar-refractivity contribution in [2.75, 3.05) is 13.2 Å². The molecule has 0 aromatic heterocycles. The molecule has 1 atom stereocenters. The van der Waals surface area contributed by atoms with Crippen molar-refractivity contribution >= 4 is 17.9 Å². The molecule has 6 nitrogen and oxygen atoms in total. The number of esters is 3. The fraction of sp³-hybridized carbons (Fsp3) is 0.661. The SMILES string of the molecule is CC/C=C\C/C=C\C/C=C\C/C=C\CCCCCCCCC(=O)OCC(COC(=O)CCCCCC/C=C\C/C=C\C/C=C\CC)OC(=O)CCCCCCCCC/C=C\C/C=C\CCCCC. The molecule has 0 saturated carbocycles. The largest absolute Gasteiger partial charge is 0.462 e. The second-order valence-electron chi connectivity index (χ2n) is 18.1. The van der Waals surface area contributed by atoms with Gasteiger partial charge in [-0.25, -0.2) is 0 Å². The molecule has 68 heavy (non-hydrogen) atoms. The van der Waals surface area contributed by atoms with Crippen LogP contribution in [0.2, 0.25) is 0 Å². The van der Waals surface area contributed by atoms with Gasteiger partial charge in [-0.05, 0) is 122 Å². The molecule has 0 aliphatic carbocycles. The van der Waals surface area contributed by atoms with Crippen LogP contribution in [-0.2, 0) is 28.6 Å². The third-order valence-electron chi connectivity index (χ3n) is 11.5. The van der Waals surface area contributed by atoms with E-state index < -0.39 is 6.10 Å². The highest BCUT2D eigenvalue weighted by molar-refractivity contribution is 5.71. The van der Waals surface area contributed by atoms with Crippen LogP contribution < -0.4 is 0 Å². The highest BCUT2D eigenvalue weighted by Crippen LogP contribution is 2.14. The fourth-order valence-electron chi connectivity index (χ4n) is 7.36. The molecule has 1 unspecified atom stereocenters. The van der Waals surface area contributed by atoms with Crippen LogP contribution in [0.4, 0.5) is 0 Å². The Morgan fingerprint density at radius 3 is 0.897 bits per heavy atom. The van der Waals surface area contributed by atoms with Crippen molar-refractivity contribution in [2.45, 2.75) is 252 Å². The average molecular weight is 943 g/mol. The van der Waals surface area contributed by atoms with Gasteiger partial charge in [-0.2, -0.15) is 0 Å². The van der Waals surface area contributed by atoms with Gasteiger partial charge in [0.05, 0.1) is 0 Å². The molecule has 0 amide bonds. The van der Waals surface area contributed by atoms with Crippen LogP contribution in [-0.4, -0.2) is 37.2 Å². The zero-order valence-electron chi connectivity index (χ0n) is 44.1. The van der Waals surface area contributed by atoms with Gasteiger partial charge in [0.2, 0.25) is 0 Å². The van der Waals surface area contributed by atoms with E-state index in [0.29, 0.717) is 19.3 Å². The quantitative estimate of drug-likeness (QED) is 0.0262. The summed E-state index contributed by atoms with van der Waals surface area (Å²) in [4.78, 5) is 38.1. The first kappa shape index (κ1) is 64.1. The molecular formula is C62H102O6. The highest BCUT2D eigenvalue weighted by Gasteiger charge is 2.19. The van der Waals surface area contributed by atoms with Crippen LogP contribution in [0, 0.1) is 0 Å². The molecule has 0 aliphatic heterocycles. The molecule has 0 bridgehead atoms. The molecule has 386 valence electrons. The van der Waals surface area contributed by atoms with E-state index in [1.807, 2.05) is 0 Å². The minimum Gasteiger partial charge on any atom is -0.462 e. The monoisotopic (exact) mass is 943 g/mol. The van der Waals surface area contributed by atoms with Gasteiger partial charge < -0.3 is 14.2 Å². The van der Waals surface area contributed by atoms with Crippen LogP contribution in [0.15, 0.2) is 109 Å². The summed E-state index contributed by atoms with van der Waals surface area (Å²) in [6.07, 6.45) is 75.0. The number of hydrogen-bond donors (Lipinski definition) is 0. The van der Waals surface area contributed by atoms with Crippen LogP contribution in [0.5, 0.6) is 0 Å². The van der Waals surface area contributed by atoms with Gasteiger partial charge in [0.25, 0.3) is 0 Å². The minimum atomic E-state index is -0.800. The normalized spacial score (nSPS) is 12.9. The van der Waals surface area contributed by atoms with Crippen molar-refractivity contribution in [3.63, 3.8) is 0 Å². The van der Waals surface area contributed by atoms with Crippen molar-refractivity contribution < 1.29 is 28.6 Å². The number of carbonyl (C=O) groups is 3. The molecule has 0 aliphatic rings. The summed E-state index contributed by atoms with van der Waals surface area (Å²) in [6, 6.07) is 0. The smallest absolute Gasteiger partial charge is 0.306 e. The Morgan fingerprint density at radius 2 is 0.574 bits per heavy atom. The molecule has 0 aromatic rings. The summed E-state index contributed by atoms with van der Waals surface area (Å²) in [5.41, 5.74) is 0. The summed E-state index contributed by atoms with van der Waals surface area (Å²) in [6.45, 7) is 6.35. The van der Waals surface area contributed by atoms with Crippen LogP contribution in [0.1, 0.15) is 245 Å². The number of unbranched alkanes of at least 4 members (excludes halogenated alkanes) is 20. The van der Waals surface area contributed by atoms with Gasteiger partial charge in [-0.15, -0.1) is 0 Å². The maximum Gasteiger partial charge on any atom is 0.306 e. The van der Waals surface area contributed by atoms with E-state index in [9.17, 15) is 14.4 Å². The molecule has 6 heteroatoms. The molecular weight excluding hydrogens is 841 g/mol. The number of ether oxygens (including phenoxy) is 3. The Hall–Kier alpha value is -3.93. The third kappa shape index (κ3) is 53.0. The van der Waals surface area contributed by atoms with E-state index >= 15 is 0 Å². The van der Waals surface area contributed by atoms with E-state index in [0.717, 1.165) is 141 Å². The van der Waals surface area contributed by atoms with E-state index in [4.69, 9.17) is 14.2 Å². The summed E-state index contributed by atoms with van der Waals surface area (Å²) in [7, 11) is 0. The summed E-state index contributed by atoms with van der Waals surface area (Å²) in [5.74, 6) is -0.942. The number of hydrogen-bond acceptors (Lipinski definition) is 6. The average Bonchev–Trinajstić information content (AvgIpc) is 3.34. The lowest BCUT2D eigenvalue weighted by Crippen LogP contribution is -2.30. The minimum absolute atomic E-state index is 0.0979. The molecule has 0 spiro atoms. The van der Waals surface area contributed by atoms with Crippen molar-refractivity contribution in [1.82, 2.24) is 0 Å². The number of carbonyl (C=O) groups excluding carboxylic acids is 3. The first-order valence-electron chi connectivity index (χ1n) is 27.9. The van der Waals surface area contributed by atoms with Gasteiger partial charge in [0.15, 0.2) is 6.10 Å². The third-order valence-corrected chi connectivity index (χ3v) is 11.5. The van der Waals surface area contributed by atoms with Gasteiger partial charge in [-0.3, -0.25) is 14.4 Å². The lowest BCUT2D eigenvalue weighted by Gasteiger charge is -2.18. The lowest BCUT2D eigenvalue weighted by atomic mass is 10.1. The van der Waals surface area contributed by atoms with Crippen LogP contribution >= 0.6 is 0 Å². The number of rotatable bonds is 49. The highest BCUT2D eigenvalue weighted by atomic mass is 16.6. The molecule has 0 radical (unpaired) electrons. The standard InChI is InChI=1S/C62H102O6/c1-4-7-10-13-16-19-22-25-28-30-31-33-34-37-40-43-46-49-52-55-61(64)67-58-59(57-66-60(63)54-51-48-45-42-39-36-27-24-21-18-15-12-9-6-3)68-62(65)56-53-50-47-44-41-38-35-32-29-26-23-20-17-14-11-8-5-2/h7,9-10,12,16-21,25-29,31,33,36,59H,4-6,8,11,13-15,22-24,30,32,34-35,37-58H2,1-3H3/b10-7-,12-9-,19-16-,20-17-,21-18-,28-25-,29-26-,33-31-,36-27-. The summed E-state index contributed by atoms with van der Waals surface area (Å²) >= 11 is 0. The molecule has 0 rings (SSSR count). The Morgan fingerprint density at radius 1 is 0.309 bits per heavy atom. The zero-order chi connectivity index (χ0) is 49.3. The Balaban J connectivity index is 4.46. The van der Waals surface area contributed by atoms with Gasteiger partial charge in [0.1, 0.15) is 13.2 Å². The molecule has 0 heterocycles. The van der Waals surface area contributed by atoms with Crippen molar-refractivity contribution in [3.05, 3.63) is 109 Å². The first-order chi connectivity index (χ1) is 33.5. The van der Waals surface area contributed by atoms with Crippen molar-refractivity contribution in [2.24, 2.45) is 0 Å². The van der Waals surface area contributed by atoms with E-state index in [-0.39, 0.29) is 31.1 Å². The van der Waals surface area contributed by atoms with Gasteiger partial charge >= 0.3 is 17.9 Å². The molecule has 0 N–H and O–H groups in total. The van der Waals surface area contributed by atoms with E-state index in [1.54, 1.807) is 0 Å². The number of allylic oxidation sites excluding steroid dienone is 18. The van der Waals surface area contributed by atoms with E-state index in [2.05, 4.69) is 130 Å². The second kappa shape index (κ2) is 55.7. The summed E-state index contributed by atoms with van der Waals surface area (Å²) < 4.78 is 16.8. The van der Waals surface area contributed by atoms with Crippen molar-refractivity contribution in [3.8, 4) is 0 Å². The van der Waals surface area contributed by atoms with Crippen LogP contribution in [0.25, 0.3) is 0 Å². The first-order valence-corrected chi connectivity index (χ1v) is 27.9. The fourth-order valence-corrected chi connectivity index (χ4v) is 7.36. The summed E-state index contributed by atoms with van der Waals surface area (Å²) in [5, 5.41) is 0. The van der Waals surface area contributed by atoms with E-state index in [1.165, 1.54) is 64.2 Å². The Labute approximate surface area is 419 Å².